The van der Waals surface area contributed by atoms with Crippen LogP contribution in [0, 0.1) is 0 Å². The van der Waals surface area contributed by atoms with E-state index >= 15 is 0 Å². The van der Waals surface area contributed by atoms with Crippen LogP contribution < -0.4 is 14.8 Å². The number of hydrogen-bond donors (Lipinski definition) is 2. The zero-order chi connectivity index (χ0) is 15.5. The first-order valence-electron chi connectivity index (χ1n) is 6.54. The molecule has 1 aliphatic rings. The molecule has 0 saturated carbocycles. The Morgan fingerprint density at radius 3 is 2.90 bits per heavy atom. The standard InChI is InChI=1S/C13H18N2O5S/c1-9-13(16)15-11-8-10(4-5-12(11)20-9)21(17,18)14-6-3-7-19-2/h4-5,8-9,14H,3,6-7H2,1-2H3,(H,15,16). The predicted octanol–water partition coefficient (Wildman–Crippen LogP) is 0.721. The van der Waals surface area contributed by atoms with Crippen molar-refractivity contribution in [3.05, 3.63) is 18.2 Å². The summed E-state index contributed by atoms with van der Waals surface area (Å²) in [5.41, 5.74) is 0.359. The van der Waals surface area contributed by atoms with Crippen molar-refractivity contribution in [2.75, 3.05) is 25.6 Å². The Labute approximate surface area is 123 Å². The Kier molecular flexibility index (Phi) is 4.81. The van der Waals surface area contributed by atoms with Crippen molar-refractivity contribution < 1.29 is 22.7 Å². The van der Waals surface area contributed by atoms with Crippen LogP contribution in [0.15, 0.2) is 23.1 Å². The molecule has 1 heterocycles. The molecule has 7 nitrogen and oxygen atoms in total. The van der Waals surface area contributed by atoms with E-state index in [-0.39, 0.29) is 17.3 Å². The van der Waals surface area contributed by atoms with E-state index in [1.807, 2.05) is 0 Å². The number of ether oxygens (including phenoxy) is 2. The molecular formula is C13H18N2O5S. The predicted molar refractivity (Wildman–Crippen MR) is 76.8 cm³/mol. The minimum Gasteiger partial charge on any atom is -0.479 e. The van der Waals surface area contributed by atoms with Crippen LogP contribution in [0.3, 0.4) is 0 Å². The third-order valence-electron chi connectivity index (χ3n) is 3.01. The van der Waals surface area contributed by atoms with Gasteiger partial charge in [0.15, 0.2) is 6.10 Å². The maximum Gasteiger partial charge on any atom is 0.265 e. The molecule has 0 saturated heterocycles. The van der Waals surface area contributed by atoms with Crippen molar-refractivity contribution in [2.24, 2.45) is 0 Å². The van der Waals surface area contributed by atoms with Crippen LogP contribution >= 0.6 is 0 Å². The first-order valence-corrected chi connectivity index (χ1v) is 8.02. The number of sulfonamides is 1. The Morgan fingerprint density at radius 2 is 2.19 bits per heavy atom. The number of benzene rings is 1. The quantitative estimate of drug-likeness (QED) is 0.755. The summed E-state index contributed by atoms with van der Waals surface area (Å²) in [5.74, 6) is 0.158. The van der Waals surface area contributed by atoms with Gasteiger partial charge in [-0.2, -0.15) is 0 Å². The Morgan fingerprint density at radius 1 is 1.43 bits per heavy atom. The first-order chi connectivity index (χ1) is 9.94. The normalized spacial score (nSPS) is 17.8. The molecule has 2 rings (SSSR count). The smallest absolute Gasteiger partial charge is 0.265 e. The molecule has 0 fully saturated rings. The van der Waals surface area contributed by atoms with Gasteiger partial charge in [0.05, 0.1) is 10.6 Å². The number of nitrogens with one attached hydrogen (secondary N) is 2. The summed E-state index contributed by atoms with van der Waals surface area (Å²) in [6, 6.07) is 4.37. The zero-order valence-electron chi connectivity index (χ0n) is 11.9. The van der Waals surface area contributed by atoms with E-state index < -0.39 is 16.1 Å². The van der Waals surface area contributed by atoms with Gasteiger partial charge in [0.25, 0.3) is 5.91 Å². The van der Waals surface area contributed by atoms with Crippen LogP contribution in [0.2, 0.25) is 0 Å². The van der Waals surface area contributed by atoms with E-state index in [0.717, 1.165) is 0 Å². The average molecular weight is 314 g/mol. The summed E-state index contributed by atoms with van der Waals surface area (Å²) < 4.78 is 37.0. The molecular weight excluding hydrogens is 296 g/mol. The molecule has 2 N–H and O–H groups in total. The molecule has 1 aromatic rings. The van der Waals surface area contributed by atoms with Crippen LogP contribution in [-0.4, -0.2) is 40.7 Å². The summed E-state index contributed by atoms with van der Waals surface area (Å²) in [6.45, 7) is 2.39. The molecule has 8 heteroatoms. The van der Waals surface area contributed by atoms with E-state index in [4.69, 9.17) is 9.47 Å². The molecule has 0 aliphatic carbocycles. The zero-order valence-corrected chi connectivity index (χ0v) is 12.7. The van der Waals surface area contributed by atoms with Gasteiger partial charge in [-0.05, 0) is 31.5 Å². The maximum atomic E-state index is 12.1. The largest absolute Gasteiger partial charge is 0.479 e. The van der Waals surface area contributed by atoms with E-state index in [1.165, 1.54) is 18.2 Å². The van der Waals surface area contributed by atoms with Gasteiger partial charge in [-0.1, -0.05) is 0 Å². The van der Waals surface area contributed by atoms with Gasteiger partial charge in [-0.3, -0.25) is 4.79 Å². The number of methoxy groups -OCH3 is 1. The molecule has 1 atom stereocenters. The molecule has 1 amide bonds. The van der Waals surface area contributed by atoms with Gasteiger partial charge in [-0.15, -0.1) is 0 Å². The second-order valence-electron chi connectivity index (χ2n) is 4.65. The van der Waals surface area contributed by atoms with Gasteiger partial charge in [0.1, 0.15) is 5.75 Å². The van der Waals surface area contributed by atoms with Crippen molar-refractivity contribution in [2.45, 2.75) is 24.3 Å². The lowest BCUT2D eigenvalue weighted by Crippen LogP contribution is -2.34. The highest BCUT2D eigenvalue weighted by Crippen LogP contribution is 2.31. The number of fused-ring (bicyclic) bond motifs is 1. The minimum absolute atomic E-state index is 0.0807. The van der Waals surface area contributed by atoms with Crippen LogP contribution in [0.4, 0.5) is 5.69 Å². The fourth-order valence-corrected chi connectivity index (χ4v) is 2.96. The van der Waals surface area contributed by atoms with Gasteiger partial charge >= 0.3 is 0 Å². The third-order valence-corrected chi connectivity index (χ3v) is 4.47. The fourth-order valence-electron chi connectivity index (χ4n) is 1.86. The summed E-state index contributed by atoms with van der Waals surface area (Å²) in [4.78, 5) is 11.6. The van der Waals surface area contributed by atoms with Gasteiger partial charge in [0.2, 0.25) is 10.0 Å². The Balaban J connectivity index is 2.14. The molecule has 1 aromatic carbocycles. The van der Waals surface area contributed by atoms with Crippen LogP contribution in [0.5, 0.6) is 5.75 Å². The molecule has 116 valence electrons. The monoisotopic (exact) mass is 314 g/mol. The number of anilines is 1. The minimum atomic E-state index is -3.62. The third kappa shape index (κ3) is 3.72. The SMILES string of the molecule is COCCCNS(=O)(=O)c1ccc2c(c1)NC(=O)C(C)O2. The molecule has 0 bridgehead atoms. The highest BCUT2D eigenvalue weighted by molar-refractivity contribution is 7.89. The number of carbonyl (C=O) groups is 1. The summed E-state index contributed by atoms with van der Waals surface area (Å²) >= 11 is 0. The van der Waals surface area contributed by atoms with Crippen LogP contribution in [0.1, 0.15) is 13.3 Å². The van der Waals surface area contributed by atoms with Crippen molar-refractivity contribution >= 4 is 21.6 Å². The highest BCUT2D eigenvalue weighted by atomic mass is 32.2. The number of carbonyl (C=O) groups excluding carboxylic acids is 1. The molecule has 0 spiro atoms. The molecule has 1 aliphatic heterocycles. The first kappa shape index (κ1) is 15.7. The van der Waals surface area contributed by atoms with Crippen molar-refractivity contribution in [1.29, 1.82) is 0 Å². The molecule has 1 unspecified atom stereocenters. The topological polar surface area (TPSA) is 93.7 Å². The summed E-state index contributed by atoms with van der Waals surface area (Å²) in [5, 5.41) is 2.62. The second kappa shape index (κ2) is 6.42. The number of hydrogen-bond acceptors (Lipinski definition) is 5. The van der Waals surface area contributed by atoms with Crippen LogP contribution in [-0.2, 0) is 19.6 Å². The average Bonchev–Trinajstić information content (AvgIpc) is 2.44. The van der Waals surface area contributed by atoms with Crippen molar-refractivity contribution in [3.63, 3.8) is 0 Å². The van der Waals surface area contributed by atoms with Gasteiger partial charge in [0, 0.05) is 20.3 Å². The molecule has 0 aromatic heterocycles. The van der Waals surface area contributed by atoms with Gasteiger partial charge in [-0.25, -0.2) is 13.1 Å². The summed E-state index contributed by atoms with van der Waals surface area (Å²) in [7, 11) is -2.06. The lowest BCUT2D eigenvalue weighted by atomic mass is 10.2. The lowest BCUT2D eigenvalue weighted by Gasteiger charge is -2.23. The molecule has 0 radical (unpaired) electrons. The van der Waals surface area contributed by atoms with E-state index in [1.54, 1.807) is 14.0 Å². The second-order valence-corrected chi connectivity index (χ2v) is 6.42. The highest BCUT2D eigenvalue weighted by Gasteiger charge is 2.25. The van der Waals surface area contributed by atoms with Crippen LogP contribution in [0.25, 0.3) is 0 Å². The maximum absolute atomic E-state index is 12.1. The lowest BCUT2D eigenvalue weighted by molar-refractivity contribution is -0.122. The Hall–Kier alpha value is -1.64. The number of amides is 1. The number of rotatable bonds is 6. The van der Waals surface area contributed by atoms with Crippen molar-refractivity contribution in [3.8, 4) is 5.75 Å². The van der Waals surface area contributed by atoms with Crippen molar-refractivity contribution in [1.82, 2.24) is 4.72 Å². The molecule has 21 heavy (non-hydrogen) atoms. The van der Waals surface area contributed by atoms with E-state index in [2.05, 4.69) is 10.0 Å². The fraction of sp³-hybridized carbons (Fsp3) is 0.462. The van der Waals surface area contributed by atoms with E-state index in [0.29, 0.717) is 24.5 Å². The summed E-state index contributed by atoms with van der Waals surface area (Å²) in [6.07, 6.45) is -0.00924. The Bertz CT molecular complexity index is 629. The van der Waals surface area contributed by atoms with Gasteiger partial charge < -0.3 is 14.8 Å². The van der Waals surface area contributed by atoms with E-state index in [9.17, 15) is 13.2 Å².